The summed E-state index contributed by atoms with van der Waals surface area (Å²) in [7, 11) is 0. The first-order valence-electron chi connectivity index (χ1n) is 10.1. The predicted molar refractivity (Wildman–Crippen MR) is 122 cm³/mol. The van der Waals surface area contributed by atoms with Crippen LogP contribution in [0.25, 0.3) is 28.0 Å². The maximum absolute atomic E-state index is 6.09. The van der Waals surface area contributed by atoms with Gasteiger partial charge in [0.05, 0.1) is 11.9 Å². The van der Waals surface area contributed by atoms with E-state index < -0.39 is 0 Å². The van der Waals surface area contributed by atoms with Crippen molar-refractivity contribution in [2.75, 3.05) is 0 Å². The monoisotopic (exact) mass is 465 g/mol. The first-order chi connectivity index (χ1) is 14.1. The van der Waals surface area contributed by atoms with E-state index in [0.29, 0.717) is 5.92 Å². The average Bonchev–Trinajstić information content (AvgIpc) is 3.18. The number of nitrogens with zero attached hydrogens (tertiary/aromatic N) is 3. The number of aryl methyl sites for hydroxylation is 1. The molecule has 29 heavy (non-hydrogen) atoms. The minimum absolute atomic E-state index is 0.710. The zero-order valence-electron chi connectivity index (χ0n) is 16.2. The zero-order valence-corrected chi connectivity index (χ0v) is 18.5. The second-order valence-corrected chi connectivity index (χ2v) is 9.06. The lowest BCUT2D eigenvalue weighted by Crippen LogP contribution is -2.19. The van der Waals surface area contributed by atoms with Crippen molar-refractivity contribution in [2.45, 2.75) is 32.6 Å². The number of hydrogen-bond acceptors (Lipinski definition) is 2. The largest absolute Gasteiger partial charge is 0.228 e. The molecule has 0 N–H and O–H groups in total. The first kappa shape index (κ1) is 18.8. The summed E-state index contributed by atoms with van der Waals surface area (Å²) in [5.74, 6) is 0.710. The minimum atomic E-state index is 0.710. The summed E-state index contributed by atoms with van der Waals surface area (Å²) in [5, 5.41) is 5.48. The Kier molecular flexibility index (Phi) is 4.92. The third kappa shape index (κ3) is 3.38. The van der Waals surface area contributed by atoms with Crippen LogP contribution in [0.2, 0.25) is 5.02 Å². The molecule has 0 radical (unpaired) electrons. The quantitative estimate of drug-likeness (QED) is 0.325. The second-order valence-electron chi connectivity index (χ2n) is 7.71. The van der Waals surface area contributed by atoms with Gasteiger partial charge in [-0.15, -0.1) is 0 Å². The fraction of sp³-hybridized carbons (Fsp3) is 0.250. The summed E-state index contributed by atoms with van der Waals surface area (Å²) >= 11 is 9.64. The lowest BCUT2D eigenvalue weighted by Gasteiger charge is -2.26. The van der Waals surface area contributed by atoms with E-state index in [1.165, 1.54) is 24.1 Å². The van der Waals surface area contributed by atoms with Gasteiger partial charge in [0, 0.05) is 31.9 Å². The molecule has 4 aromatic rings. The summed E-state index contributed by atoms with van der Waals surface area (Å²) in [6, 6.07) is 16.4. The van der Waals surface area contributed by atoms with Crippen LogP contribution in [0.15, 0.2) is 59.2 Å². The van der Waals surface area contributed by atoms with Gasteiger partial charge in [0.25, 0.3) is 0 Å². The van der Waals surface area contributed by atoms with Gasteiger partial charge >= 0.3 is 0 Å². The first-order valence-corrected chi connectivity index (χ1v) is 11.2. The van der Waals surface area contributed by atoms with Gasteiger partial charge in [0.1, 0.15) is 0 Å². The highest BCUT2D eigenvalue weighted by Crippen LogP contribution is 2.36. The molecule has 0 saturated heterocycles. The predicted octanol–water partition coefficient (Wildman–Crippen LogP) is 6.99. The number of hydrogen-bond donors (Lipinski definition) is 0. The molecule has 0 amide bonds. The van der Waals surface area contributed by atoms with E-state index in [2.05, 4.69) is 51.6 Å². The van der Waals surface area contributed by atoms with E-state index in [0.717, 1.165) is 50.4 Å². The molecule has 1 atom stereocenters. The Labute approximate surface area is 183 Å². The molecule has 0 spiro atoms. The van der Waals surface area contributed by atoms with Gasteiger partial charge in [-0.1, -0.05) is 65.1 Å². The number of fused-ring (bicyclic) bond motifs is 3. The van der Waals surface area contributed by atoms with Crippen LogP contribution in [0.5, 0.6) is 0 Å². The minimum Gasteiger partial charge on any atom is -0.228 e. The van der Waals surface area contributed by atoms with Crippen molar-refractivity contribution in [3.63, 3.8) is 0 Å². The molecule has 0 bridgehead atoms. The average molecular weight is 467 g/mol. The van der Waals surface area contributed by atoms with Gasteiger partial charge in [-0.3, -0.25) is 0 Å². The van der Waals surface area contributed by atoms with Gasteiger partial charge in [0.2, 0.25) is 0 Å². The fourth-order valence-electron chi connectivity index (χ4n) is 4.32. The maximum atomic E-state index is 6.09. The SMILES string of the molecule is CC[C@@H]1CCc2c(c(-c3ccc(Br)cc3)nc3c(-c4ccc(Cl)cc4)cnn23)C1. The summed E-state index contributed by atoms with van der Waals surface area (Å²) in [5.41, 5.74) is 7.95. The van der Waals surface area contributed by atoms with Crippen molar-refractivity contribution in [2.24, 2.45) is 5.92 Å². The summed E-state index contributed by atoms with van der Waals surface area (Å²) in [6.07, 6.45) is 6.45. The van der Waals surface area contributed by atoms with Gasteiger partial charge in [-0.2, -0.15) is 5.10 Å². The van der Waals surface area contributed by atoms with E-state index in [4.69, 9.17) is 21.7 Å². The Morgan fingerprint density at radius 2 is 1.79 bits per heavy atom. The Morgan fingerprint density at radius 3 is 2.52 bits per heavy atom. The second kappa shape index (κ2) is 7.58. The van der Waals surface area contributed by atoms with Crippen molar-refractivity contribution < 1.29 is 0 Å². The fourth-order valence-corrected chi connectivity index (χ4v) is 4.71. The van der Waals surface area contributed by atoms with E-state index in [1.807, 2.05) is 30.5 Å². The normalized spacial score (nSPS) is 16.2. The molecule has 146 valence electrons. The Bertz CT molecular complexity index is 1180. The van der Waals surface area contributed by atoms with Gasteiger partial charge in [0.15, 0.2) is 5.65 Å². The van der Waals surface area contributed by atoms with Crippen molar-refractivity contribution >= 4 is 33.2 Å². The van der Waals surface area contributed by atoms with Crippen LogP contribution < -0.4 is 0 Å². The van der Waals surface area contributed by atoms with E-state index in [1.54, 1.807) is 0 Å². The third-order valence-corrected chi connectivity index (χ3v) is 6.76. The highest BCUT2D eigenvalue weighted by molar-refractivity contribution is 9.10. The molecule has 2 heterocycles. The Morgan fingerprint density at radius 1 is 1.07 bits per heavy atom. The molecule has 0 aliphatic heterocycles. The van der Waals surface area contributed by atoms with Gasteiger partial charge in [-0.05, 0) is 55.0 Å². The smallest absolute Gasteiger partial charge is 0.163 e. The van der Waals surface area contributed by atoms with Crippen molar-refractivity contribution in [1.29, 1.82) is 0 Å². The van der Waals surface area contributed by atoms with E-state index in [-0.39, 0.29) is 0 Å². The van der Waals surface area contributed by atoms with Crippen LogP contribution in [0, 0.1) is 5.92 Å². The molecule has 5 heteroatoms. The molecule has 2 aromatic heterocycles. The highest BCUT2D eigenvalue weighted by Gasteiger charge is 2.26. The lowest BCUT2D eigenvalue weighted by atomic mass is 9.83. The molecule has 5 rings (SSSR count). The zero-order chi connectivity index (χ0) is 20.0. The topological polar surface area (TPSA) is 30.2 Å². The third-order valence-electron chi connectivity index (χ3n) is 5.98. The summed E-state index contributed by atoms with van der Waals surface area (Å²) < 4.78 is 3.14. The molecule has 2 aromatic carbocycles. The molecule has 1 aliphatic carbocycles. The van der Waals surface area contributed by atoms with E-state index >= 15 is 0 Å². The van der Waals surface area contributed by atoms with Crippen LogP contribution in [0.4, 0.5) is 0 Å². The van der Waals surface area contributed by atoms with Crippen LogP contribution in [-0.4, -0.2) is 14.6 Å². The van der Waals surface area contributed by atoms with Gasteiger partial charge in [-0.25, -0.2) is 9.50 Å². The van der Waals surface area contributed by atoms with Crippen LogP contribution in [-0.2, 0) is 12.8 Å². The van der Waals surface area contributed by atoms with Crippen molar-refractivity contribution in [1.82, 2.24) is 14.6 Å². The van der Waals surface area contributed by atoms with Crippen molar-refractivity contribution in [3.8, 4) is 22.4 Å². The molecule has 0 saturated carbocycles. The Balaban J connectivity index is 1.76. The van der Waals surface area contributed by atoms with Crippen molar-refractivity contribution in [3.05, 3.63) is 75.5 Å². The molecular formula is C24H21BrClN3. The number of rotatable bonds is 3. The van der Waals surface area contributed by atoms with Crippen LogP contribution in [0.3, 0.4) is 0 Å². The molecule has 1 aliphatic rings. The molecular weight excluding hydrogens is 446 g/mol. The van der Waals surface area contributed by atoms with E-state index in [9.17, 15) is 0 Å². The Hall–Kier alpha value is -2.17. The maximum Gasteiger partial charge on any atom is 0.163 e. The number of benzene rings is 2. The number of aromatic nitrogens is 3. The lowest BCUT2D eigenvalue weighted by molar-refractivity contribution is 0.435. The molecule has 3 nitrogen and oxygen atoms in total. The summed E-state index contributed by atoms with van der Waals surface area (Å²) in [4.78, 5) is 5.17. The highest BCUT2D eigenvalue weighted by atomic mass is 79.9. The van der Waals surface area contributed by atoms with Crippen LogP contribution >= 0.6 is 27.5 Å². The standard InChI is InChI=1S/C24H21BrClN3/c1-2-15-3-12-22-20(13-15)23(17-4-8-18(25)9-5-17)28-24-21(14-27-29(22)24)16-6-10-19(26)11-7-16/h4-11,14-15H,2-3,12-13H2,1H3/t15-/m1/s1. The summed E-state index contributed by atoms with van der Waals surface area (Å²) in [6.45, 7) is 2.29. The van der Waals surface area contributed by atoms with Crippen LogP contribution in [0.1, 0.15) is 31.0 Å². The molecule has 0 unspecified atom stereocenters. The molecule has 0 fully saturated rings. The van der Waals surface area contributed by atoms with Gasteiger partial charge < -0.3 is 0 Å². The number of halogens is 2.